The molecule has 2 rings (SSSR count). The van der Waals surface area contributed by atoms with E-state index in [4.69, 9.17) is 14.9 Å². The summed E-state index contributed by atoms with van der Waals surface area (Å²) in [6.45, 7) is 5.19. The fourth-order valence-corrected chi connectivity index (χ4v) is 3.08. The molecule has 4 heteroatoms. The Morgan fingerprint density at radius 2 is 2.07 bits per heavy atom. The predicted molar refractivity (Wildman–Crippen MR) is 56.5 cm³/mol. The Kier molecular flexibility index (Phi) is 3.03. The fourth-order valence-electron chi connectivity index (χ4n) is 3.08. The van der Waals surface area contributed by atoms with Crippen LogP contribution in [0.3, 0.4) is 0 Å². The van der Waals surface area contributed by atoms with Gasteiger partial charge in [0.1, 0.15) is 0 Å². The van der Waals surface area contributed by atoms with Crippen molar-refractivity contribution in [3.05, 3.63) is 0 Å². The van der Waals surface area contributed by atoms with Crippen molar-refractivity contribution in [3.63, 3.8) is 0 Å². The average Bonchev–Trinajstić information content (AvgIpc) is 2.65. The second-order valence-corrected chi connectivity index (χ2v) is 5.27. The average molecular weight is 215 g/mol. The van der Waals surface area contributed by atoms with E-state index in [-0.39, 0.29) is 24.7 Å². The molecule has 2 aliphatic rings. The molecule has 3 atom stereocenters. The van der Waals surface area contributed by atoms with Crippen LogP contribution in [-0.2, 0) is 4.74 Å². The zero-order chi connectivity index (χ0) is 11.1. The van der Waals surface area contributed by atoms with Gasteiger partial charge in [-0.05, 0) is 6.42 Å². The first kappa shape index (κ1) is 11.3. The van der Waals surface area contributed by atoms with Crippen LogP contribution in [0, 0.1) is 11.3 Å². The van der Waals surface area contributed by atoms with Gasteiger partial charge in [-0.3, -0.25) is 0 Å². The van der Waals surface area contributed by atoms with Crippen molar-refractivity contribution in [2.75, 3.05) is 19.8 Å². The van der Waals surface area contributed by atoms with Gasteiger partial charge in [-0.2, -0.15) is 0 Å². The van der Waals surface area contributed by atoms with Crippen molar-refractivity contribution in [1.29, 1.82) is 0 Å². The maximum atomic E-state index is 9.05. The van der Waals surface area contributed by atoms with Crippen molar-refractivity contribution in [2.24, 2.45) is 11.3 Å². The smallest absolute Gasteiger partial charge is 0.0685 e. The third-order valence-electron chi connectivity index (χ3n) is 3.96. The quantitative estimate of drug-likeness (QED) is 0.605. The summed E-state index contributed by atoms with van der Waals surface area (Å²) < 4.78 is 5.68. The highest BCUT2D eigenvalue weighted by Gasteiger charge is 2.59. The fraction of sp³-hybridized carbons (Fsp3) is 1.00. The molecule has 1 saturated heterocycles. The molecule has 0 amide bonds. The Bertz CT molecular complexity index is 228. The minimum atomic E-state index is -0.198. The highest BCUT2D eigenvalue weighted by atomic mass is 16.5. The maximum Gasteiger partial charge on any atom is 0.0685 e. The number of hydrogen-bond acceptors (Lipinski definition) is 4. The van der Waals surface area contributed by atoms with Crippen molar-refractivity contribution < 1.29 is 14.9 Å². The summed E-state index contributed by atoms with van der Waals surface area (Å²) in [5, 5.41) is 21.4. The van der Waals surface area contributed by atoms with Crippen LogP contribution >= 0.6 is 0 Å². The van der Waals surface area contributed by atoms with E-state index in [9.17, 15) is 0 Å². The Hall–Kier alpha value is -0.160. The van der Waals surface area contributed by atoms with Crippen LogP contribution in [0.5, 0.6) is 0 Å². The maximum absolute atomic E-state index is 9.05. The summed E-state index contributed by atoms with van der Waals surface area (Å²) in [6.07, 6.45) is 1.45. The summed E-state index contributed by atoms with van der Waals surface area (Å²) in [4.78, 5) is 0. The van der Waals surface area contributed by atoms with E-state index < -0.39 is 0 Å². The molecule has 1 aliphatic heterocycles. The van der Waals surface area contributed by atoms with Crippen molar-refractivity contribution in [1.82, 2.24) is 5.32 Å². The normalized spacial score (nSPS) is 37.8. The highest BCUT2D eigenvalue weighted by Crippen LogP contribution is 2.52. The molecule has 0 aromatic carbocycles. The molecule has 2 fully saturated rings. The largest absolute Gasteiger partial charge is 0.395 e. The van der Waals surface area contributed by atoms with Crippen LogP contribution < -0.4 is 5.32 Å². The van der Waals surface area contributed by atoms with Crippen LogP contribution in [0.1, 0.15) is 20.3 Å². The van der Waals surface area contributed by atoms with Gasteiger partial charge < -0.3 is 20.3 Å². The Morgan fingerprint density at radius 3 is 2.67 bits per heavy atom. The lowest BCUT2D eigenvalue weighted by Crippen LogP contribution is -2.68. The topological polar surface area (TPSA) is 61.7 Å². The molecule has 3 unspecified atom stereocenters. The standard InChI is InChI=1S/C11H21NO3/c1-11(2)9(12-7(5-13)6-14)8-3-4-15-10(8)11/h7-10,12-14H,3-6H2,1-2H3. The van der Waals surface area contributed by atoms with Gasteiger partial charge in [-0.15, -0.1) is 0 Å². The highest BCUT2D eigenvalue weighted by molar-refractivity contribution is 5.11. The van der Waals surface area contributed by atoms with Crippen molar-refractivity contribution in [3.8, 4) is 0 Å². The number of ether oxygens (including phenoxy) is 1. The van der Waals surface area contributed by atoms with E-state index in [1.54, 1.807) is 0 Å². The summed E-state index contributed by atoms with van der Waals surface area (Å²) in [5.41, 5.74) is 0.115. The van der Waals surface area contributed by atoms with E-state index in [1.165, 1.54) is 0 Å². The third kappa shape index (κ3) is 1.69. The number of nitrogens with one attached hydrogen (secondary N) is 1. The van der Waals surface area contributed by atoms with Crippen LogP contribution in [-0.4, -0.2) is 48.2 Å². The molecule has 1 heterocycles. The minimum Gasteiger partial charge on any atom is -0.395 e. The Labute approximate surface area is 90.6 Å². The molecule has 4 nitrogen and oxygen atoms in total. The molecule has 0 spiro atoms. The second kappa shape index (κ2) is 4.01. The number of fused-ring (bicyclic) bond motifs is 1. The number of rotatable bonds is 4. The lowest BCUT2D eigenvalue weighted by atomic mass is 9.57. The molecule has 88 valence electrons. The molecule has 1 aliphatic carbocycles. The van der Waals surface area contributed by atoms with Gasteiger partial charge in [0.05, 0.1) is 25.4 Å². The zero-order valence-corrected chi connectivity index (χ0v) is 9.44. The second-order valence-electron chi connectivity index (χ2n) is 5.27. The van der Waals surface area contributed by atoms with E-state index in [0.717, 1.165) is 13.0 Å². The molecule has 0 aromatic heterocycles. The van der Waals surface area contributed by atoms with Gasteiger partial charge in [0.15, 0.2) is 0 Å². The van der Waals surface area contributed by atoms with Crippen molar-refractivity contribution >= 4 is 0 Å². The number of hydrogen-bond donors (Lipinski definition) is 3. The van der Waals surface area contributed by atoms with Gasteiger partial charge in [0, 0.05) is 24.0 Å². The lowest BCUT2D eigenvalue weighted by molar-refractivity contribution is -0.118. The summed E-state index contributed by atoms with van der Waals surface area (Å²) in [5.74, 6) is 0.556. The first-order chi connectivity index (χ1) is 7.11. The Balaban J connectivity index is 1.97. The summed E-state index contributed by atoms with van der Waals surface area (Å²) >= 11 is 0. The number of aliphatic hydroxyl groups excluding tert-OH is 2. The van der Waals surface area contributed by atoms with Gasteiger partial charge in [-0.1, -0.05) is 13.8 Å². The predicted octanol–water partition coefficient (Wildman–Crippen LogP) is -0.257. The van der Waals surface area contributed by atoms with Crippen LogP contribution in [0.25, 0.3) is 0 Å². The number of aliphatic hydroxyl groups is 2. The molecule has 0 bridgehead atoms. The first-order valence-electron chi connectivity index (χ1n) is 5.70. The van der Waals surface area contributed by atoms with E-state index >= 15 is 0 Å². The van der Waals surface area contributed by atoms with Gasteiger partial charge in [-0.25, -0.2) is 0 Å². The SMILES string of the molecule is CC1(C)C(NC(CO)CO)C2CCOC21. The van der Waals surface area contributed by atoms with Gasteiger partial charge >= 0.3 is 0 Å². The van der Waals surface area contributed by atoms with Gasteiger partial charge in [0.2, 0.25) is 0 Å². The zero-order valence-electron chi connectivity index (χ0n) is 9.44. The van der Waals surface area contributed by atoms with E-state index in [0.29, 0.717) is 18.1 Å². The molecule has 1 saturated carbocycles. The molecule has 15 heavy (non-hydrogen) atoms. The van der Waals surface area contributed by atoms with E-state index in [1.807, 2.05) is 0 Å². The van der Waals surface area contributed by atoms with Crippen LogP contribution in [0.2, 0.25) is 0 Å². The molecule has 0 aromatic rings. The minimum absolute atomic E-state index is 0.0126. The monoisotopic (exact) mass is 215 g/mol. The molecule has 0 radical (unpaired) electrons. The van der Waals surface area contributed by atoms with Crippen LogP contribution in [0.4, 0.5) is 0 Å². The molecular weight excluding hydrogens is 194 g/mol. The van der Waals surface area contributed by atoms with Crippen molar-refractivity contribution in [2.45, 2.75) is 38.5 Å². The summed E-state index contributed by atoms with van der Waals surface area (Å²) in [6, 6.07) is 0.158. The first-order valence-corrected chi connectivity index (χ1v) is 5.70. The lowest BCUT2D eigenvalue weighted by Gasteiger charge is -2.55. The molecular formula is C11H21NO3. The van der Waals surface area contributed by atoms with Crippen LogP contribution in [0.15, 0.2) is 0 Å². The molecule has 3 N–H and O–H groups in total. The Morgan fingerprint density at radius 1 is 1.40 bits per heavy atom. The van der Waals surface area contributed by atoms with Gasteiger partial charge in [0.25, 0.3) is 0 Å². The van der Waals surface area contributed by atoms with E-state index in [2.05, 4.69) is 19.2 Å². The third-order valence-corrected chi connectivity index (χ3v) is 3.96. The summed E-state index contributed by atoms with van der Waals surface area (Å²) in [7, 11) is 0.